The van der Waals surface area contributed by atoms with Gasteiger partial charge in [-0.3, -0.25) is 4.79 Å². The summed E-state index contributed by atoms with van der Waals surface area (Å²) in [6.07, 6.45) is 2.60. The zero-order chi connectivity index (χ0) is 24.5. The number of hydrogen-bond donors (Lipinski definition) is 0. The van der Waals surface area contributed by atoms with Crippen molar-refractivity contribution in [3.63, 3.8) is 0 Å². The fraction of sp³-hybridized carbons (Fsp3) is 0.360. The van der Waals surface area contributed by atoms with Crippen molar-refractivity contribution in [2.75, 3.05) is 31.1 Å². The molecule has 1 aromatic heterocycles. The van der Waals surface area contributed by atoms with E-state index in [1.54, 1.807) is 44.3 Å². The molecule has 1 fully saturated rings. The molecule has 1 aliphatic rings. The summed E-state index contributed by atoms with van der Waals surface area (Å²) in [5.74, 6) is 0. The van der Waals surface area contributed by atoms with Crippen molar-refractivity contribution in [1.29, 1.82) is 0 Å². The molecular formula is C25H29ClN4O3S. The largest absolute Gasteiger partial charge is 0.367 e. The van der Waals surface area contributed by atoms with Gasteiger partial charge in [-0.25, -0.2) is 8.42 Å². The first-order valence-electron chi connectivity index (χ1n) is 11.4. The molecule has 0 spiro atoms. The number of rotatable bonds is 6. The predicted octanol–water partition coefficient (Wildman–Crippen LogP) is 3.98. The molecule has 9 heteroatoms. The lowest BCUT2D eigenvalue weighted by Gasteiger charge is -2.36. The standard InChI is InChI=1S/C25H29ClN4O3S/c1-4-19-8-10-20(11-9-19)24-23(28-12-14-29(15-13-28)34(32,33)18(2)3)17-27-30(25(24)31)22-7-5-6-21(26)16-22/h5-11,16-18H,4,12-15H2,1-3H3. The number of nitrogens with zero attached hydrogens (tertiary/aromatic N) is 4. The van der Waals surface area contributed by atoms with Crippen LogP contribution >= 0.6 is 11.6 Å². The normalized spacial score (nSPS) is 15.1. The summed E-state index contributed by atoms with van der Waals surface area (Å²) in [5.41, 5.74) is 3.56. The number of benzene rings is 2. The van der Waals surface area contributed by atoms with E-state index in [-0.39, 0.29) is 5.56 Å². The summed E-state index contributed by atoms with van der Waals surface area (Å²) in [5, 5.41) is 4.51. The predicted molar refractivity (Wildman–Crippen MR) is 137 cm³/mol. The topological polar surface area (TPSA) is 75.5 Å². The van der Waals surface area contributed by atoms with Gasteiger partial charge in [-0.05, 0) is 49.6 Å². The fourth-order valence-corrected chi connectivity index (χ4v) is 5.59. The summed E-state index contributed by atoms with van der Waals surface area (Å²) >= 11 is 6.16. The maximum absolute atomic E-state index is 13.7. The first kappa shape index (κ1) is 24.4. The average Bonchev–Trinajstić information content (AvgIpc) is 2.84. The van der Waals surface area contributed by atoms with Crippen LogP contribution in [0.3, 0.4) is 0 Å². The van der Waals surface area contributed by atoms with Crippen LogP contribution in [0, 0.1) is 0 Å². The van der Waals surface area contributed by atoms with E-state index in [4.69, 9.17) is 11.6 Å². The van der Waals surface area contributed by atoms with Crippen LogP contribution in [0.15, 0.2) is 59.5 Å². The molecule has 0 bridgehead atoms. The van der Waals surface area contributed by atoms with Crippen LogP contribution in [0.25, 0.3) is 16.8 Å². The van der Waals surface area contributed by atoms with Gasteiger partial charge in [0.15, 0.2) is 0 Å². The number of aryl methyl sites for hydroxylation is 1. The van der Waals surface area contributed by atoms with Crippen LogP contribution in [-0.2, 0) is 16.4 Å². The van der Waals surface area contributed by atoms with Crippen molar-refractivity contribution < 1.29 is 8.42 Å². The second-order valence-corrected chi connectivity index (χ2v) is 11.6. The molecular weight excluding hydrogens is 472 g/mol. The van der Waals surface area contributed by atoms with Crippen molar-refractivity contribution in [1.82, 2.24) is 14.1 Å². The summed E-state index contributed by atoms with van der Waals surface area (Å²) < 4.78 is 28.1. The lowest BCUT2D eigenvalue weighted by Crippen LogP contribution is -2.50. The number of aromatic nitrogens is 2. The zero-order valence-electron chi connectivity index (χ0n) is 19.6. The van der Waals surface area contributed by atoms with Crippen molar-refractivity contribution in [2.24, 2.45) is 0 Å². The first-order valence-corrected chi connectivity index (χ1v) is 13.3. The van der Waals surface area contributed by atoms with Gasteiger partial charge in [-0.1, -0.05) is 48.9 Å². The van der Waals surface area contributed by atoms with E-state index in [2.05, 4.69) is 12.0 Å². The minimum absolute atomic E-state index is 0.249. The van der Waals surface area contributed by atoms with Crippen LogP contribution < -0.4 is 10.5 Å². The lowest BCUT2D eigenvalue weighted by molar-refractivity contribution is 0.381. The smallest absolute Gasteiger partial charge is 0.281 e. The highest BCUT2D eigenvalue weighted by atomic mass is 35.5. The Morgan fingerprint density at radius 3 is 2.29 bits per heavy atom. The van der Waals surface area contributed by atoms with Gasteiger partial charge in [0.05, 0.1) is 28.4 Å². The van der Waals surface area contributed by atoms with Crippen LogP contribution in [0.1, 0.15) is 26.3 Å². The number of anilines is 1. The average molecular weight is 501 g/mol. The Morgan fingerprint density at radius 1 is 1.03 bits per heavy atom. The molecule has 1 saturated heterocycles. The Bertz CT molecular complexity index is 1330. The number of sulfonamides is 1. The second-order valence-electron chi connectivity index (χ2n) is 8.63. The monoisotopic (exact) mass is 500 g/mol. The Kier molecular flexibility index (Phi) is 7.12. The van der Waals surface area contributed by atoms with E-state index in [0.717, 1.165) is 12.0 Å². The zero-order valence-corrected chi connectivity index (χ0v) is 21.2. The van der Waals surface area contributed by atoms with E-state index in [1.807, 2.05) is 29.2 Å². The third-order valence-corrected chi connectivity index (χ3v) is 8.71. The van der Waals surface area contributed by atoms with Gasteiger partial charge < -0.3 is 4.90 Å². The number of piperazine rings is 1. The van der Waals surface area contributed by atoms with E-state index in [0.29, 0.717) is 48.1 Å². The third-order valence-electron chi connectivity index (χ3n) is 6.20. The van der Waals surface area contributed by atoms with E-state index in [1.165, 1.54) is 14.6 Å². The molecule has 34 heavy (non-hydrogen) atoms. The number of halogens is 1. The van der Waals surface area contributed by atoms with Gasteiger partial charge in [0.2, 0.25) is 10.0 Å². The van der Waals surface area contributed by atoms with Crippen LogP contribution in [0.4, 0.5) is 5.69 Å². The first-order chi connectivity index (χ1) is 16.2. The Hall–Kier alpha value is -2.68. The molecule has 3 aromatic rings. The lowest BCUT2D eigenvalue weighted by atomic mass is 10.0. The third kappa shape index (κ3) is 4.76. The van der Waals surface area contributed by atoms with Gasteiger partial charge in [-0.15, -0.1) is 0 Å². The van der Waals surface area contributed by atoms with Crippen LogP contribution in [0.5, 0.6) is 0 Å². The molecule has 2 heterocycles. The molecule has 180 valence electrons. The van der Waals surface area contributed by atoms with Crippen LogP contribution in [-0.4, -0.2) is 53.9 Å². The molecule has 1 aliphatic heterocycles. The summed E-state index contributed by atoms with van der Waals surface area (Å²) in [6.45, 7) is 7.17. The van der Waals surface area contributed by atoms with Crippen molar-refractivity contribution in [2.45, 2.75) is 32.4 Å². The molecule has 0 aliphatic carbocycles. The molecule has 0 amide bonds. The van der Waals surface area contributed by atoms with E-state index >= 15 is 0 Å². The van der Waals surface area contributed by atoms with E-state index < -0.39 is 15.3 Å². The highest BCUT2D eigenvalue weighted by Gasteiger charge is 2.31. The van der Waals surface area contributed by atoms with Gasteiger partial charge >= 0.3 is 0 Å². The van der Waals surface area contributed by atoms with Crippen LogP contribution in [0.2, 0.25) is 5.02 Å². The quantitative estimate of drug-likeness (QED) is 0.512. The maximum Gasteiger partial charge on any atom is 0.281 e. The van der Waals surface area contributed by atoms with Gasteiger partial charge in [0, 0.05) is 31.2 Å². The summed E-state index contributed by atoms with van der Waals surface area (Å²) in [6, 6.07) is 15.0. The minimum Gasteiger partial charge on any atom is -0.367 e. The Morgan fingerprint density at radius 2 is 1.71 bits per heavy atom. The second kappa shape index (κ2) is 9.90. The highest BCUT2D eigenvalue weighted by Crippen LogP contribution is 2.29. The fourth-order valence-electron chi connectivity index (χ4n) is 4.14. The van der Waals surface area contributed by atoms with Gasteiger partial charge in [-0.2, -0.15) is 14.1 Å². The van der Waals surface area contributed by atoms with Crippen molar-refractivity contribution in [3.8, 4) is 16.8 Å². The summed E-state index contributed by atoms with van der Waals surface area (Å²) in [4.78, 5) is 15.8. The Balaban J connectivity index is 1.77. The molecule has 0 saturated carbocycles. The molecule has 2 aromatic carbocycles. The minimum atomic E-state index is -3.32. The molecule has 0 unspecified atom stereocenters. The Labute approximate surface area is 205 Å². The molecule has 7 nitrogen and oxygen atoms in total. The summed E-state index contributed by atoms with van der Waals surface area (Å²) in [7, 11) is -3.32. The van der Waals surface area contributed by atoms with Crippen molar-refractivity contribution >= 4 is 27.3 Å². The molecule has 4 rings (SSSR count). The highest BCUT2D eigenvalue weighted by molar-refractivity contribution is 7.89. The van der Waals surface area contributed by atoms with Gasteiger partial charge in [0.1, 0.15) is 0 Å². The molecule has 0 atom stereocenters. The van der Waals surface area contributed by atoms with Gasteiger partial charge in [0.25, 0.3) is 5.56 Å². The van der Waals surface area contributed by atoms with E-state index in [9.17, 15) is 13.2 Å². The SMILES string of the molecule is CCc1ccc(-c2c(N3CCN(S(=O)(=O)C(C)C)CC3)cnn(-c3cccc(Cl)c3)c2=O)cc1. The van der Waals surface area contributed by atoms with Crippen molar-refractivity contribution in [3.05, 3.63) is 75.7 Å². The maximum atomic E-state index is 13.7. The number of hydrogen-bond acceptors (Lipinski definition) is 5. The molecule has 0 radical (unpaired) electrons. The molecule has 0 N–H and O–H groups in total.